The first-order valence-electron chi connectivity index (χ1n) is 12.6. The molecule has 0 saturated carbocycles. The highest BCUT2D eigenvalue weighted by molar-refractivity contribution is 6.43. The number of methoxy groups -OCH3 is 1. The van der Waals surface area contributed by atoms with Crippen LogP contribution in [0.5, 0.6) is 0 Å². The van der Waals surface area contributed by atoms with E-state index >= 15 is 0 Å². The minimum absolute atomic E-state index is 0.0139. The molecule has 5 N–H and O–H groups in total. The van der Waals surface area contributed by atoms with Crippen LogP contribution in [0.2, 0.25) is 5.02 Å². The van der Waals surface area contributed by atoms with Gasteiger partial charge in [-0.2, -0.15) is 0 Å². The molecule has 0 bridgehead atoms. The number of alkyl halides is 2. The zero-order valence-electron chi connectivity index (χ0n) is 23.5. The number of ether oxygens (including phenoxy) is 1. The second kappa shape index (κ2) is 19.0. The van der Waals surface area contributed by atoms with Gasteiger partial charge < -0.3 is 36.1 Å². The Balaban J connectivity index is 0.000000356. The Morgan fingerprint density at radius 1 is 1.36 bits per heavy atom. The molecule has 1 saturated heterocycles. The third-order valence-corrected chi connectivity index (χ3v) is 5.58. The number of carbonyl (C=O) groups is 3. The van der Waals surface area contributed by atoms with Crippen molar-refractivity contribution in [2.45, 2.75) is 18.9 Å². The lowest BCUT2D eigenvalue weighted by Crippen LogP contribution is -2.58. The van der Waals surface area contributed by atoms with E-state index in [9.17, 15) is 27.6 Å². The Bertz CT molecular complexity index is 1200. The van der Waals surface area contributed by atoms with Gasteiger partial charge in [0, 0.05) is 26.9 Å². The standard InChI is InChI=1S/C13H18F2N4O2.C8H13N3O2.C6H4ClF/c1-16-11-5-9(3-4-17-11)10(6-21-2)19-8-13(14,15)7-18-12(19)20;1-2-10-7(3-4-9)8(13)11-5-6-12;7-5-3-1-2-4-6(5)8/h3-5,10H,6-8H2,1-2H3,(H,16,17)(H,18,20);3-4,6H,2,5,9H2,1H3,(H,11,13);1-4H/b;4-3-,10-7?;. The first kappa shape index (κ1) is 35.9. The van der Waals surface area contributed by atoms with E-state index in [1.807, 2.05) is 0 Å². The summed E-state index contributed by atoms with van der Waals surface area (Å²) < 4.78 is 44.4. The molecule has 2 aromatic rings. The molecule has 42 heavy (non-hydrogen) atoms. The maximum Gasteiger partial charge on any atom is 0.318 e. The number of aliphatic imine (C=N–C) groups is 1. The summed E-state index contributed by atoms with van der Waals surface area (Å²) in [4.78, 5) is 42.1. The topological polar surface area (TPSA) is 151 Å². The van der Waals surface area contributed by atoms with E-state index in [1.54, 1.807) is 44.4 Å². The fourth-order valence-electron chi connectivity index (χ4n) is 3.38. The van der Waals surface area contributed by atoms with Crippen molar-refractivity contribution in [1.29, 1.82) is 0 Å². The number of hydrogen-bond donors (Lipinski definition) is 4. The van der Waals surface area contributed by atoms with Crippen molar-refractivity contribution in [3.8, 4) is 0 Å². The number of hydrogen-bond acceptors (Lipinski definition) is 8. The van der Waals surface area contributed by atoms with Gasteiger partial charge in [0.05, 0.1) is 37.3 Å². The van der Waals surface area contributed by atoms with Crippen LogP contribution in [-0.4, -0.2) is 86.7 Å². The van der Waals surface area contributed by atoms with Crippen molar-refractivity contribution < 1.29 is 32.3 Å². The van der Waals surface area contributed by atoms with Crippen LogP contribution < -0.4 is 21.7 Å². The molecule has 1 aromatic carbocycles. The second-order valence-corrected chi connectivity index (χ2v) is 8.75. The highest BCUT2D eigenvalue weighted by Gasteiger charge is 2.42. The van der Waals surface area contributed by atoms with E-state index in [4.69, 9.17) is 22.1 Å². The molecule has 2 heterocycles. The van der Waals surface area contributed by atoms with Crippen LogP contribution in [0.3, 0.4) is 0 Å². The number of pyridine rings is 1. The van der Waals surface area contributed by atoms with Crippen LogP contribution in [0, 0.1) is 5.82 Å². The molecule has 1 aromatic heterocycles. The Labute approximate surface area is 247 Å². The Morgan fingerprint density at radius 2 is 2.07 bits per heavy atom. The summed E-state index contributed by atoms with van der Waals surface area (Å²) in [6.07, 6.45) is 4.79. The number of nitrogens with zero attached hydrogens (tertiary/aromatic N) is 3. The lowest BCUT2D eigenvalue weighted by Gasteiger charge is -2.38. The maximum absolute atomic E-state index is 13.6. The number of amides is 3. The molecular weight excluding hydrogens is 579 g/mol. The fourth-order valence-corrected chi connectivity index (χ4v) is 3.51. The Morgan fingerprint density at radius 3 is 2.62 bits per heavy atom. The van der Waals surface area contributed by atoms with Gasteiger partial charge in [0.1, 0.15) is 23.6 Å². The summed E-state index contributed by atoms with van der Waals surface area (Å²) in [5.41, 5.74) is 6.03. The van der Waals surface area contributed by atoms with E-state index in [-0.39, 0.29) is 29.7 Å². The summed E-state index contributed by atoms with van der Waals surface area (Å²) in [5, 5.41) is 7.62. The summed E-state index contributed by atoms with van der Waals surface area (Å²) in [7, 11) is 3.17. The summed E-state index contributed by atoms with van der Waals surface area (Å²) in [6, 6.07) is 8.39. The third-order valence-electron chi connectivity index (χ3n) is 5.27. The molecule has 1 atom stereocenters. The molecule has 15 heteroatoms. The molecule has 11 nitrogen and oxygen atoms in total. The van der Waals surface area contributed by atoms with E-state index in [2.05, 4.69) is 25.9 Å². The quantitative estimate of drug-likeness (QED) is 0.237. The van der Waals surface area contributed by atoms with Gasteiger partial charge in [0.2, 0.25) is 0 Å². The SMILES string of the molecule is CCN=C(/C=C\N)C(=O)NCC=O.CNc1cc(C(COC)N2CC(F)(F)CNC2=O)ccn1.Fc1ccccc1Cl. The number of halogens is 4. The van der Waals surface area contributed by atoms with Crippen LogP contribution in [0.1, 0.15) is 18.5 Å². The number of nitrogens with two attached hydrogens (primary N) is 1. The molecule has 1 fully saturated rings. The highest BCUT2D eigenvalue weighted by Crippen LogP contribution is 2.28. The van der Waals surface area contributed by atoms with Gasteiger partial charge in [-0.15, -0.1) is 0 Å². The molecule has 1 unspecified atom stereocenters. The lowest BCUT2D eigenvalue weighted by atomic mass is 10.1. The first-order valence-corrected chi connectivity index (χ1v) is 13.0. The lowest BCUT2D eigenvalue weighted by molar-refractivity contribution is -0.116. The molecule has 230 valence electrons. The van der Waals surface area contributed by atoms with Crippen molar-refractivity contribution in [1.82, 2.24) is 20.5 Å². The molecule has 1 aliphatic heterocycles. The zero-order valence-corrected chi connectivity index (χ0v) is 24.2. The molecule has 1 aliphatic rings. The number of benzene rings is 1. The fraction of sp³-hybridized carbons (Fsp3) is 0.370. The number of rotatable bonds is 10. The van der Waals surface area contributed by atoms with Gasteiger partial charge >= 0.3 is 6.03 Å². The number of aldehydes is 1. The van der Waals surface area contributed by atoms with Gasteiger partial charge in [-0.1, -0.05) is 23.7 Å². The second-order valence-electron chi connectivity index (χ2n) is 8.35. The van der Waals surface area contributed by atoms with Crippen molar-refractivity contribution >= 4 is 41.4 Å². The number of aromatic nitrogens is 1. The van der Waals surface area contributed by atoms with Crippen molar-refractivity contribution in [3.63, 3.8) is 0 Å². The van der Waals surface area contributed by atoms with Gasteiger partial charge in [0.15, 0.2) is 0 Å². The van der Waals surface area contributed by atoms with Gasteiger partial charge in [-0.25, -0.2) is 22.9 Å². The van der Waals surface area contributed by atoms with Crippen LogP contribution in [0.4, 0.5) is 23.8 Å². The van der Waals surface area contributed by atoms with Crippen molar-refractivity contribution in [2.24, 2.45) is 10.7 Å². The van der Waals surface area contributed by atoms with E-state index < -0.39 is 37.0 Å². The predicted molar refractivity (Wildman–Crippen MR) is 155 cm³/mol. The van der Waals surface area contributed by atoms with Crippen LogP contribution in [-0.2, 0) is 14.3 Å². The molecular formula is C27H35ClF3N7O4. The Kier molecular flexibility index (Phi) is 16.3. The van der Waals surface area contributed by atoms with Gasteiger partial charge in [0.25, 0.3) is 11.8 Å². The summed E-state index contributed by atoms with van der Waals surface area (Å²) >= 11 is 5.33. The van der Waals surface area contributed by atoms with Gasteiger partial charge in [-0.3, -0.25) is 9.79 Å². The minimum atomic E-state index is -2.96. The molecule has 0 radical (unpaired) electrons. The normalized spacial score (nSPS) is 14.9. The monoisotopic (exact) mass is 613 g/mol. The van der Waals surface area contributed by atoms with E-state index in [0.29, 0.717) is 24.2 Å². The predicted octanol–water partition coefficient (Wildman–Crippen LogP) is 3.19. The molecule has 0 aliphatic carbocycles. The number of urea groups is 1. The Hall–Kier alpha value is -4.17. The minimum Gasteiger partial charge on any atom is -0.405 e. The number of carbonyl (C=O) groups excluding carboxylic acids is 3. The first-order chi connectivity index (χ1) is 20.0. The van der Waals surface area contributed by atoms with Crippen LogP contribution >= 0.6 is 11.6 Å². The largest absolute Gasteiger partial charge is 0.405 e. The van der Waals surface area contributed by atoms with E-state index in [1.165, 1.54) is 31.5 Å². The average Bonchev–Trinajstić information content (AvgIpc) is 2.98. The molecule has 3 amide bonds. The molecule has 3 rings (SSSR count). The highest BCUT2D eigenvalue weighted by atomic mass is 35.5. The summed E-state index contributed by atoms with van der Waals surface area (Å²) in [6.45, 7) is 1.13. The third kappa shape index (κ3) is 12.6. The average molecular weight is 614 g/mol. The molecule has 0 spiro atoms. The number of anilines is 1. The van der Waals surface area contributed by atoms with Crippen molar-refractivity contribution in [3.05, 3.63) is 71.3 Å². The van der Waals surface area contributed by atoms with Crippen LogP contribution in [0.15, 0.2) is 59.9 Å². The summed E-state index contributed by atoms with van der Waals surface area (Å²) in [5.74, 6) is -3.12. The zero-order chi connectivity index (χ0) is 31.5. The maximum atomic E-state index is 13.6. The van der Waals surface area contributed by atoms with Crippen LogP contribution in [0.25, 0.3) is 0 Å². The van der Waals surface area contributed by atoms with Crippen molar-refractivity contribution in [2.75, 3.05) is 52.3 Å². The van der Waals surface area contributed by atoms with E-state index in [0.717, 1.165) is 4.90 Å². The number of nitrogens with one attached hydrogen (secondary N) is 3. The van der Waals surface area contributed by atoms with Gasteiger partial charge in [-0.05, 0) is 49.0 Å². The smallest absolute Gasteiger partial charge is 0.318 e.